The molecule has 0 aliphatic carbocycles. The third-order valence-electron chi connectivity index (χ3n) is 6.43. The van der Waals surface area contributed by atoms with Crippen LogP contribution in [0.15, 0.2) is 55.0 Å². The van der Waals surface area contributed by atoms with Gasteiger partial charge in [-0.1, -0.05) is 12.1 Å². The minimum absolute atomic E-state index is 0.434. The molecule has 154 valence electrons. The van der Waals surface area contributed by atoms with E-state index >= 15 is 0 Å². The Bertz CT molecular complexity index is 1010. The fraction of sp³-hybridized carbons (Fsp3) is 0.360. The molecule has 0 amide bonds. The number of nitrogen functional groups attached to an aromatic ring is 1. The lowest BCUT2D eigenvalue weighted by molar-refractivity contribution is 0.0851. The number of hydrogen-bond acceptors (Lipinski definition) is 5. The molecule has 1 atom stereocenters. The van der Waals surface area contributed by atoms with Gasteiger partial charge in [0.2, 0.25) is 0 Å². The van der Waals surface area contributed by atoms with E-state index in [0.29, 0.717) is 17.8 Å². The number of anilines is 1. The van der Waals surface area contributed by atoms with Crippen molar-refractivity contribution < 1.29 is 4.74 Å². The lowest BCUT2D eigenvalue weighted by Gasteiger charge is -2.27. The van der Waals surface area contributed by atoms with Crippen molar-refractivity contribution in [3.63, 3.8) is 0 Å². The first-order valence-electron chi connectivity index (χ1n) is 10.9. The number of ether oxygens (including phenoxy) is 1. The molecule has 30 heavy (non-hydrogen) atoms. The van der Waals surface area contributed by atoms with E-state index in [-0.39, 0.29) is 0 Å². The van der Waals surface area contributed by atoms with Crippen LogP contribution >= 0.6 is 0 Å². The summed E-state index contributed by atoms with van der Waals surface area (Å²) in [7, 11) is 0. The number of aromatic nitrogens is 2. The number of nitrogens with two attached hydrogens (primary N) is 1. The number of pyridine rings is 2. The van der Waals surface area contributed by atoms with E-state index in [4.69, 9.17) is 10.5 Å². The van der Waals surface area contributed by atoms with Crippen molar-refractivity contribution in [3.8, 4) is 22.3 Å². The fourth-order valence-electron chi connectivity index (χ4n) is 4.78. The maximum atomic E-state index is 6.20. The van der Waals surface area contributed by atoms with Crippen LogP contribution in [0.5, 0.6) is 0 Å². The largest absolute Gasteiger partial charge is 0.383 e. The third kappa shape index (κ3) is 3.83. The lowest BCUT2D eigenvalue weighted by atomic mass is 9.84. The van der Waals surface area contributed by atoms with Gasteiger partial charge in [0.1, 0.15) is 5.82 Å². The SMILES string of the molecule is Nc1ncc(-c2ccc(C3CCOCC3)c(C3CCCN3)c2)cc1-c1ccncc1. The summed E-state index contributed by atoms with van der Waals surface area (Å²) < 4.78 is 5.61. The first-order chi connectivity index (χ1) is 14.8. The van der Waals surface area contributed by atoms with Crippen LogP contribution < -0.4 is 11.1 Å². The standard InChI is InChI=1S/C25H28N4O/c26-25-22(17-5-10-27-11-6-17)15-20(16-29-25)19-3-4-21(18-7-12-30-13-8-18)23(14-19)24-2-1-9-28-24/h3-6,10-11,14-16,18,24,28H,1-2,7-9,12-13H2,(H2,26,29). The van der Waals surface area contributed by atoms with Crippen LogP contribution in [0.1, 0.15) is 48.8 Å². The van der Waals surface area contributed by atoms with Crippen molar-refractivity contribution in [2.75, 3.05) is 25.5 Å². The average molecular weight is 401 g/mol. The summed E-state index contributed by atoms with van der Waals surface area (Å²) in [6.45, 7) is 2.82. The molecule has 1 aromatic carbocycles. The Morgan fingerprint density at radius 2 is 1.73 bits per heavy atom. The Kier molecular flexibility index (Phi) is 5.47. The zero-order valence-electron chi connectivity index (χ0n) is 17.2. The van der Waals surface area contributed by atoms with Gasteiger partial charge in [-0.2, -0.15) is 0 Å². The molecule has 5 rings (SSSR count). The molecule has 4 heterocycles. The van der Waals surface area contributed by atoms with Crippen LogP contribution in [-0.4, -0.2) is 29.7 Å². The average Bonchev–Trinajstić information content (AvgIpc) is 3.35. The molecule has 2 aromatic heterocycles. The Morgan fingerprint density at radius 3 is 2.50 bits per heavy atom. The molecular formula is C25H28N4O. The van der Waals surface area contributed by atoms with E-state index in [0.717, 1.165) is 49.3 Å². The predicted octanol–water partition coefficient (Wildman–Crippen LogP) is 4.71. The molecule has 0 spiro atoms. The van der Waals surface area contributed by atoms with E-state index in [2.05, 4.69) is 39.6 Å². The minimum atomic E-state index is 0.434. The van der Waals surface area contributed by atoms with Crippen molar-refractivity contribution in [1.29, 1.82) is 0 Å². The first kappa shape index (κ1) is 19.2. The maximum Gasteiger partial charge on any atom is 0.131 e. The van der Waals surface area contributed by atoms with Gasteiger partial charge in [0.05, 0.1) is 0 Å². The summed E-state index contributed by atoms with van der Waals surface area (Å²) in [6, 6.07) is 13.5. The Balaban J connectivity index is 1.55. The summed E-state index contributed by atoms with van der Waals surface area (Å²) in [5.74, 6) is 1.13. The molecular weight excluding hydrogens is 372 g/mol. The molecule has 5 heteroatoms. The predicted molar refractivity (Wildman–Crippen MR) is 120 cm³/mol. The summed E-state index contributed by atoms with van der Waals surface area (Å²) in [5.41, 5.74) is 13.4. The second-order valence-corrected chi connectivity index (χ2v) is 8.27. The van der Waals surface area contributed by atoms with Gasteiger partial charge >= 0.3 is 0 Å². The number of hydrogen-bond donors (Lipinski definition) is 2. The highest BCUT2D eigenvalue weighted by Gasteiger charge is 2.25. The Hall–Kier alpha value is -2.76. The minimum Gasteiger partial charge on any atom is -0.383 e. The van der Waals surface area contributed by atoms with Crippen LogP contribution in [0.4, 0.5) is 5.82 Å². The molecule has 0 bridgehead atoms. The number of benzene rings is 1. The Labute approximate surface area is 177 Å². The van der Waals surface area contributed by atoms with Crippen molar-refractivity contribution in [1.82, 2.24) is 15.3 Å². The van der Waals surface area contributed by atoms with Gasteiger partial charge in [0.15, 0.2) is 0 Å². The molecule has 2 saturated heterocycles. The number of rotatable bonds is 4. The van der Waals surface area contributed by atoms with Crippen LogP contribution in [0.2, 0.25) is 0 Å². The molecule has 3 N–H and O–H groups in total. The number of nitrogens with one attached hydrogen (secondary N) is 1. The molecule has 3 aromatic rings. The topological polar surface area (TPSA) is 73.1 Å². The summed E-state index contributed by atoms with van der Waals surface area (Å²) >= 11 is 0. The van der Waals surface area contributed by atoms with Gasteiger partial charge in [-0.25, -0.2) is 4.98 Å². The second kappa shape index (κ2) is 8.54. The first-order valence-corrected chi connectivity index (χ1v) is 10.9. The van der Waals surface area contributed by atoms with Crippen molar-refractivity contribution in [3.05, 3.63) is 66.1 Å². The van der Waals surface area contributed by atoms with Crippen molar-refractivity contribution >= 4 is 5.82 Å². The monoisotopic (exact) mass is 400 g/mol. The second-order valence-electron chi connectivity index (χ2n) is 8.27. The van der Waals surface area contributed by atoms with Crippen LogP contribution in [0.3, 0.4) is 0 Å². The lowest BCUT2D eigenvalue weighted by Crippen LogP contribution is -2.19. The summed E-state index contributed by atoms with van der Waals surface area (Å²) in [6.07, 6.45) is 10.1. The van der Waals surface area contributed by atoms with E-state index in [1.54, 1.807) is 12.4 Å². The van der Waals surface area contributed by atoms with Gasteiger partial charge in [-0.15, -0.1) is 0 Å². The smallest absolute Gasteiger partial charge is 0.131 e. The number of nitrogens with zero attached hydrogens (tertiary/aromatic N) is 2. The highest BCUT2D eigenvalue weighted by atomic mass is 16.5. The molecule has 5 nitrogen and oxygen atoms in total. The van der Waals surface area contributed by atoms with E-state index in [9.17, 15) is 0 Å². The van der Waals surface area contributed by atoms with E-state index in [1.165, 1.54) is 29.5 Å². The molecule has 2 aliphatic heterocycles. The van der Waals surface area contributed by atoms with Gasteiger partial charge in [0, 0.05) is 49.0 Å². The van der Waals surface area contributed by atoms with Gasteiger partial charge < -0.3 is 15.8 Å². The summed E-state index contributed by atoms with van der Waals surface area (Å²) in [5, 5.41) is 3.70. The van der Waals surface area contributed by atoms with Crippen LogP contribution in [-0.2, 0) is 4.74 Å². The Morgan fingerprint density at radius 1 is 0.900 bits per heavy atom. The maximum absolute atomic E-state index is 6.20. The fourth-order valence-corrected chi connectivity index (χ4v) is 4.78. The highest BCUT2D eigenvalue weighted by Crippen LogP contribution is 2.38. The van der Waals surface area contributed by atoms with Crippen LogP contribution in [0.25, 0.3) is 22.3 Å². The normalized spacial score (nSPS) is 19.8. The van der Waals surface area contributed by atoms with Gasteiger partial charge in [-0.05, 0) is 84.7 Å². The van der Waals surface area contributed by atoms with Crippen LogP contribution in [0, 0.1) is 0 Å². The molecule has 0 radical (unpaired) electrons. The zero-order chi connectivity index (χ0) is 20.3. The van der Waals surface area contributed by atoms with Gasteiger partial charge in [-0.3, -0.25) is 4.98 Å². The molecule has 2 fully saturated rings. The quantitative estimate of drug-likeness (QED) is 0.663. The molecule has 2 aliphatic rings. The zero-order valence-corrected chi connectivity index (χ0v) is 17.2. The van der Waals surface area contributed by atoms with Crippen molar-refractivity contribution in [2.24, 2.45) is 0 Å². The van der Waals surface area contributed by atoms with Crippen molar-refractivity contribution in [2.45, 2.75) is 37.6 Å². The molecule has 0 saturated carbocycles. The van der Waals surface area contributed by atoms with E-state index in [1.807, 2.05) is 18.3 Å². The third-order valence-corrected chi connectivity index (χ3v) is 6.43. The molecule has 1 unspecified atom stereocenters. The summed E-state index contributed by atoms with van der Waals surface area (Å²) in [4.78, 5) is 8.61. The van der Waals surface area contributed by atoms with E-state index < -0.39 is 0 Å². The highest BCUT2D eigenvalue weighted by molar-refractivity contribution is 5.79. The van der Waals surface area contributed by atoms with Gasteiger partial charge in [0.25, 0.3) is 0 Å².